The van der Waals surface area contributed by atoms with Crippen LogP contribution in [0.25, 0.3) is 0 Å². The number of allylic oxidation sites excluding steroid dienone is 5. The molecular weight excluding hydrogens is 132 g/mol. The van der Waals surface area contributed by atoms with Crippen molar-refractivity contribution in [1.82, 2.24) is 0 Å². The van der Waals surface area contributed by atoms with E-state index in [4.69, 9.17) is 0 Å². The Morgan fingerprint density at radius 1 is 0.909 bits per heavy atom. The van der Waals surface area contributed by atoms with Crippen LogP contribution in [0.1, 0.15) is 34.6 Å². The molecular formula is C11H18. The van der Waals surface area contributed by atoms with Gasteiger partial charge in [-0.3, -0.25) is 0 Å². The maximum Gasteiger partial charge on any atom is -0.0393 e. The third kappa shape index (κ3) is 2.75. The van der Waals surface area contributed by atoms with Crippen molar-refractivity contribution in [2.24, 2.45) is 0 Å². The minimum atomic E-state index is 1.27. The lowest BCUT2D eigenvalue weighted by Gasteiger charge is -2.06. The summed E-state index contributed by atoms with van der Waals surface area (Å²) in [5, 5.41) is 0. The molecule has 0 spiro atoms. The number of rotatable bonds is 2. The van der Waals surface area contributed by atoms with Crippen LogP contribution < -0.4 is 0 Å². The molecule has 0 aliphatic heterocycles. The predicted octanol–water partition coefficient (Wildman–Crippen LogP) is 3.87. The Bertz CT molecular complexity index is 210. The predicted molar refractivity (Wildman–Crippen MR) is 52.6 cm³/mol. The van der Waals surface area contributed by atoms with Crippen LogP contribution in [0.4, 0.5) is 0 Å². The van der Waals surface area contributed by atoms with Gasteiger partial charge in [-0.15, -0.1) is 0 Å². The van der Waals surface area contributed by atoms with Gasteiger partial charge in [-0.1, -0.05) is 18.2 Å². The molecule has 0 heterocycles. The summed E-state index contributed by atoms with van der Waals surface area (Å²) in [6, 6.07) is 0. The smallest absolute Gasteiger partial charge is 0.0393 e. The van der Waals surface area contributed by atoms with Crippen LogP contribution in [0.15, 0.2) is 34.9 Å². The fourth-order valence-corrected chi connectivity index (χ4v) is 0.824. The van der Waals surface area contributed by atoms with Crippen molar-refractivity contribution in [2.75, 3.05) is 0 Å². The van der Waals surface area contributed by atoms with E-state index in [1.165, 1.54) is 22.3 Å². The van der Waals surface area contributed by atoms with Gasteiger partial charge in [0.1, 0.15) is 0 Å². The fourth-order valence-electron chi connectivity index (χ4n) is 0.824. The molecule has 0 aromatic heterocycles. The highest BCUT2D eigenvalue weighted by Crippen LogP contribution is 2.17. The first-order valence-corrected chi connectivity index (χ1v) is 3.95. The zero-order valence-electron chi connectivity index (χ0n) is 8.28. The van der Waals surface area contributed by atoms with Crippen molar-refractivity contribution < 1.29 is 0 Å². The summed E-state index contributed by atoms with van der Waals surface area (Å²) < 4.78 is 0. The highest BCUT2D eigenvalue weighted by Gasteiger charge is 1.96. The van der Waals surface area contributed by atoms with Gasteiger partial charge in [-0.25, -0.2) is 0 Å². The lowest BCUT2D eigenvalue weighted by atomic mass is 10.0. The Hall–Kier alpha value is -0.780. The van der Waals surface area contributed by atoms with E-state index in [1.54, 1.807) is 0 Å². The van der Waals surface area contributed by atoms with E-state index in [-0.39, 0.29) is 0 Å². The lowest BCUT2D eigenvalue weighted by molar-refractivity contribution is 1.20. The van der Waals surface area contributed by atoms with E-state index in [1.807, 2.05) is 6.08 Å². The van der Waals surface area contributed by atoms with Crippen molar-refractivity contribution in [1.29, 1.82) is 0 Å². The summed E-state index contributed by atoms with van der Waals surface area (Å²) >= 11 is 0. The molecule has 0 aliphatic carbocycles. The first-order chi connectivity index (χ1) is 5.00. The SMILES string of the molecule is C=C/C(C)=C(\C)C(C)=C(C)C. The maximum absolute atomic E-state index is 3.74. The zero-order valence-corrected chi connectivity index (χ0v) is 8.28. The van der Waals surface area contributed by atoms with Gasteiger partial charge in [0.15, 0.2) is 0 Å². The summed E-state index contributed by atoms with van der Waals surface area (Å²) in [5.41, 5.74) is 5.37. The second-order valence-corrected chi connectivity index (χ2v) is 3.14. The van der Waals surface area contributed by atoms with E-state index in [0.29, 0.717) is 0 Å². The summed E-state index contributed by atoms with van der Waals surface area (Å²) in [5.74, 6) is 0. The molecule has 0 N–H and O–H groups in total. The van der Waals surface area contributed by atoms with Crippen molar-refractivity contribution in [3.8, 4) is 0 Å². The normalized spacial score (nSPS) is 12.1. The Labute approximate surface area is 70.3 Å². The first kappa shape index (κ1) is 10.2. The second kappa shape index (κ2) is 4.17. The molecule has 0 heteroatoms. The second-order valence-electron chi connectivity index (χ2n) is 3.14. The monoisotopic (exact) mass is 150 g/mol. The third-order valence-corrected chi connectivity index (χ3v) is 2.21. The van der Waals surface area contributed by atoms with Crippen molar-refractivity contribution in [2.45, 2.75) is 34.6 Å². The van der Waals surface area contributed by atoms with Gasteiger partial charge >= 0.3 is 0 Å². The molecule has 0 bridgehead atoms. The van der Waals surface area contributed by atoms with E-state index >= 15 is 0 Å². The van der Waals surface area contributed by atoms with Crippen LogP contribution in [0.3, 0.4) is 0 Å². The van der Waals surface area contributed by atoms with Crippen LogP contribution in [0.5, 0.6) is 0 Å². The van der Waals surface area contributed by atoms with Gasteiger partial charge in [0.25, 0.3) is 0 Å². The van der Waals surface area contributed by atoms with Crippen molar-refractivity contribution in [3.05, 3.63) is 34.9 Å². The highest BCUT2D eigenvalue weighted by atomic mass is 14.0. The Balaban J connectivity index is 4.90. The topological polar surface area (TPSA) is 0 Å². The van der Waals surface area contributed by atoms with Crippen molar-refractivity contribution >= 4 is 0 Å². The average molecular weight is 150 g/mol. The quantitative estimate of drug-likeness (QED) is 0.524. The molecule has 0 radical (unpaired) electrons. The van der Waals surface area contributed by atoms with E-state index in [2.05, 4.69) is 41.2 Å². The standard InChI is InChI=1S/C11H18/c1-7-9(4)11(6)10(5)8(2)3/h7H,1H2,2-6H3/b11-9+. The minimum absolute atomic E-state index is 1.27. The van der Waals surface area contributed by atoms with E-state index < -0.39 is 0 Å². The molecule has 0 aromatic rings. The Morgan fingerprint density at radius 2 is 1.36 bits per heavy atom. The van der Waals surface area contributed by atoms with Crippen molar-refractivity contribution in [3.63, 3.8) is 0 Å². The highest BCUT2D eigenvalue weighted by molar-refractivity contribution is 5.37. The van der Waals surface area contributed by atoms with E-state index in [0.717, 1.165) is 0 Å². The molecule has 0 aliphatic rings. The summed E-state index contributed by atoms with van der Waals surface area (Å²) in [6.45, 7) is 14.4. The van der Waals surface area contributed by atoms with Gasteiger partial charge in [0.2, 0.25) is 0 Å². The molecule has 0 atom stereocenters. The molecule has 0 saturated heterocycles. The number of hydrogen-bond acceptors (Lipinski definition) is 0. The van der Waals surface area contributed by atoms with Crippen LogP contribution >= 0.6 is 0 Å². The molecule has 0 unspecified atom stereocenters. The van der Waals surface area contributed by atoms with Crippen LogP contribution in [0, 0.1) is 0 Å². The van der Waals surface area contributed by atoms with Crippen LogP contribution in [-0.2, 0) is 0 Å². The largest absolute Gasteiger partial charge is 0.0988 e. The molecule has 0 nitrogen and oxygen atoms in total. The summed E-state index contributed by atoms with van der Waals surface area (Å²) in [7, 11) is 0. The molecule has 0 aromatic carbocycles. The zero-order chi connectivity index (χ0) is 9.02. The molecule has 0 amide bonds. The maximum atomic E-state index is 3.74. The van der Waals surface area contributed by atoms with Gasteiger partial charge in [0, 0.05) is 0 Å². The van der Waals surface area contributed by atoms with Gasteiger partial charge in [-0.05, 0) is 51.3 Å². The molecule has 62 valence electrons. The van der Waals surface area contributed by atoms with Crippen LogP contribution in [-0.4, -0.2) is 0 Å². The van der Waals surface area contributed by atoms with Gasteiger partial charge < -0.3 is 0 Å². The van der Waals surface area contributed by atoms with E-state index in [9.17, 15) is 0 Å². The van der Waals surface area contributed by atoms with Gasteiger partial charge in [0.05, 0.1) is 0 Å². The number of hydrogen-bond donors (Lipinski definition) is 0. The fraction of sp³-hybridized carbons (Fsp3) is 0.455. The Morgan fingerprint density at radius 3 is 1.64 bits per heavy atom. The molecule has 11 heavy (non-hydrogen) atoms. The molecule has 0 fully saturated rings. The Kier molecular flexibility index (Phi) is 3.88. The first-order valence-electron chi connectivity index (χ1n) is 3.95. The lowest BCUT2D eigenvalue weighted by Crippen LogP contribution is -1.86. The summed E-state index contributed by atoms with van der Waals surface area (Å²) in [4.78, 5) is 0. The molecule has 0 rings (SSSR count). The average Bonchev–Trinajstić information content (AvgIpc) is 2.00. The molecule has 0 saturated carbocycles. The van der Waals surface area contributed by atoms with Gasteiger partial charge in [-0.2, -0.15) is 0 Å². The third-order valence-electron chi connectivity index (χ3n) is 2.21. The van der Waals surface area contributed by atoms with Crippen LogP contribution in [0.2, 0.25) is 0 Å². The minimum Gasteiger partial charge on any atom is -0.0988 e. The summed E-state index contributed by atoms with van der Waals surface area (Å²) in [6.07, 6.45) is 1.90.